The molecule has 160 valence electrons. The Morgan fingerprint density at radius 3 is 1.76 bits per heavy atom. The van der Waals surface area contributed by atoms with E-state index in [0.717, 1.165) is 39.6 Å². The average Bonchev–Trinajstić information content (AvgIpc) is 3.31. The number of H-pyrrole nitrogens is 1. The second-order valence-electron chi connectivity index (χ2n) is 7.88. The van der Waals surface area contributed by atoms with Crippen LogP contribution in [0.2, 0.25) is 0 Å². The zero-order valence-corrected chi connectivity index (χ0v) is 18.2. The van der Waals surface area contributed by atoms with E-state index in [1.54, 1.807) is 0 Å². The number of hydrogen-bond donors (Lipinski definition) is 2. The van der Waals surface area contributed by atoms with Crippen LogP contribution < -0.4 is 5.32 Å². The SMILES string of the molecule is CC(=O)Nc1ccc(-c2nc(-c3ccccc3)c(-c3ccc(-c4ccccc4)cc3)[nH]2)cc1. The summed E-state index contributed by atoms with van der Waals surface area (Å²) < 4.78 is 0. The van der Waals surface area contributed by atoms with Crippen LogP contribution in [0.4, 0.5) is 5.69 Å². The van der Waals surface area contributed by atoms with E-state index in [9.17, 15) is 4.79 Å². The minimum Gasteiger partial charge on any atom is -0.337 e. The van der Waals surface area contributed by atoms with E-state index in [1.807, 2.05) is 48.5 Å². The van der Waals surface area contributed by atoms with Gasteiger partial charge in [0.2, 0.25) is 5.91 Å². The summed E-state index contributed by atoms with van der Waals surface area (Å²) in [5.41, 5.74) is 8.09. The van der Waals surface area contributed by atoms with Crippen molar-refractivity contribution in [2.45, 2.75) is 6.92 Å². The fourth-order valence-electron chi connectivity index (χ4n) is 3.90. The van der Waals surface area contributed by atoms with Crippen LogP contribution >= 0.6 is 0 Å². The first-order valence-electron chi connectivity index (χ1n) is 10.9. The second-order valence-corrected chi connectivity index (χ2v) is 7.88. The summed E-state index contributed by atoms with van der Waals surface area (Å²) in [4.78, 5) is 19.8. The maximum Gasteiger partial charge on any atom is 0.221 e. The summed E-state index contributed by atoms with van der Waals surface area (Å²) in [6.07, 6.45) is 0. The Morgan fingerprint density at radius 1 is 0.636 bits per heavy atom. The number of carbonyl (C=O) groups excluding carboxylic acids is 1. The number of amides is 1. The Labute approximate surface area is 193 Å². The largest absolute Gasteiger partial charge is 0.337 e. The Bertz CT molecular complexity index is 1370. The van der Waals surface area contributed by atoms with Crippen molar-refractivity contribution in [2.75, 3.05) is 5.32 Å². The molecular weight excluding hydrogens is 406 g/mol. The van der Waals surface area contributed by atoms with Gasteiger partial charge in [0.25, 0.3) is 0 Å². The van der Waals surface area contributed by atoms with Crippen LogP contribution in [0.25, 0.3) is 45.0 Å². The molecule has 0 saturated heterocycles. The third-order valence-electron chi connectivity index (χ3n) is 5.51. The minimum absolute atomic E-state index is 0.0895. The van der Waals surface area contributed by atoms with Gasteiger partial charge in [-0.3, -0.25) is 4.79 Å². The molecule has 0 spiro atoms. The third-order valence-corrected chi connectivity index (χ3v) is 5.51. The lowest BCUT2D eigenvalue weighted by atomic mass is 10.0. The average molecular weight is 430 g/mol. The fourth-order valence-corrected chi connectivity index (χ4v) is 3.90. The highest BCUT2D eigenvalue weighted by atomic mass is 16.1. The summed E-state index contributed by atoms with van der Waals surface area (Å²) in [5, 5.41) is 2.80. The molecule has 5 rings (SSSR count). The van der Waals surface area contributed by atoms with Gasteiger partial charge in [-0.05, 0) is 35.4 Å². The molecule has 1 heterocycles. The predicted molar refractivity (Wildman–Crippen MR) is 135 cm³/mol. The van der Waals surface area contributed by atoms with Crippen LogP contribution in [0.5, 0.6) is 0 Å². The van der Waals surface area contributed by atoms with Gasteiger partial charge in [0.05, 0.1) is 11.4 Å². The lowest BCUT2D eigenvalue weighted by Gasteiger charge is -2.06. The van der Waals surface area contributed by atoms with Gasteiger partial charge in [-0.2, -0.15) is 0 Å². The number of anilines is 1. The smallest absolute Gasteiger partial charge is 0.221 e. The molecule has 1 amide bonds. The van der Waals surface area contributed by atoms with Crippen molar-refractivity contribution in [3.05, 3.63) is 109 Å². The van der Waals surface area contributed by atoms with E-state index in [1.165, 1.54) is 18.1 Å². The zero-order chi connectivity index (χ0) is 22.6. The lowest BCUT2D eigenvalue weighted by molar-refractivity contribution is -0.114. The molecular formula is C29H23N3O. The van der Waals surface area contributed by atoms with Crippen LogP contribution in [-0.4, -0.2) is 15.9 Å². The number of nitrogens with one attached hydrogen (secondary N) is 2. The Kier molecular flexibility index (Phi) is 5.56. The Hall–Kier alpha value is -4.44. The molecule has 0 bridgehead atoms. The van der Waals surface area contributed by atoms with E-state index in [0.29, 0.717) is 0 Å². The molecule has 0 fully saturated rings. The first kappa shape index (κ1) is 20.5. The summed E-state index contributed by atoms with van der Waals surface area (Å²) in [6, 6.07) is 36.8. The van der Waals surface area contributed by atoms with E-state index in [-0.39, 0.29) is 5.91 Å². The first-order chi connectivity index (χ1) is 16.2. The maximum absolute atomic E-state index is 11.3. The minimum atomic E-state index is -0.0895. The van der Waals surface area contributed by atoms with Crippen molar-refractivity contribution >= 4 is 11.6 Å². The molecule has 4 nitrogen and oxygen atoms in total. The van der Waals surface area contributed by atoms with Gasteiger partial charge in [-0.15, -0.1) is 0 Å². The molecule has 0 aliphatic rings. The van der Waals surface area contributed by atoms with Crippen LogP contribution in [0.1, 0.15) is 6.92 Å². The summed E-state index contributed by atoms with van der Waals surface area (Å²) in [7, 11) is 0. The number of imidazole rings is 1. The fraction of sp³-hybridized carbons (Fsp3) is 0.0345. The van der Waals surface area contributed by atoms with Crippen LogP contribution in [-0.2, 0) is 4.79 Å². The molecule has 4 heteroatoms. The number of hydrogen-bond acceptors (Lipinski definition) is 2. The van der Waals surface area contributed by atoms with Gasteiger partial charge in [-0.25, -0.2) is 4.98 Å². The number of rotatable bonds is 5. The Morgan fingerprint density at radius 2 is 1.15 bits per heavy atom. The molecule has 0 aliphatic carbocycles. The van der Waals surface area contributed by atoms with Crippen molar-refractivity contribution in [2.24, 2.45) is 0 Å². The molecule has 0 radical (unpaired) electrons. The number of nitrogens with zero attached hydrogens (tertiary/aromatic N) is 1. The number of benzene rings is 4. The van der Waals surface area contributed by atoms with Crippen LogP contribution in [0.3, 0.4) is 0 Å². The third kappa shape index (κ3) is 4.46. The van der Waals surface area contributed by atoms with Gasteiger partial charge in [0, 0.05) is 29.3 Å². The zero-order valence-electron chi connectivity index (χ0n) is 18.2. The molecule has 0 atom stereocenters. The van der Waals surface area contributed by atoms with Crippen LogP contribution in [0.15, 0.2) is 109 Å². The molecule has 0 saturated carbocycles. The number of carbonyl (C=O) groups is 1. The van der Waals surface area contributed by atoms with E-state index in [4.69, 9.17) is 4.98 Å². The topological polar surface area (TPSA) is 57.8 Å². The summed E-state index contributed by atoms with van der Waals surface area (Å²) in [6.45, 7) is 1.50. The van der Waals surface area contributed by atoms with Crippen molar-refractivity contribution in [3.63, 3.8) is 0 Å². The lowest BCUT2D eigenvalue weighted by Crippen LogP contribution is -2.05. The number of aromatic nitrogens is 2. The van der Waals surface area contributed by atoms with E-state index >= 15 is 0 Å². The van der Waals surface area contributed by atoms with Gasteiger partial charge >= 0.3 is 0 Å². The van der Waals surface area contributed by atoms with Gasteiger partial charge in [-0.1, -0.05) is 84.9 Å². The van der Waals surface area contributed by atoms with E-state index < -0.39 is 0 Å². The summed E-state index contributed by atoms with van der Waals surface area (Å²) in [5.74, 6) is 0.693. The van der Waals surface area contributed by atoms with Crippen molar-refractivity contribution < 1.29 is 4.79 Å². The quantitative estimate of drug-likeness (QED) is 0.315. The first-order valence-corrected chi connectivity index (χ1v) is 10.9. The van der Waals surface area contributed by atoms with Crippen molar-refractivity contribution in [1.82, 2.24) is 9.97 Å². The van der Waals surface area contributed by atoms with Crippen molar-refractivity contribution in [1.29, 1.82) is 0 Å². The summed E-state index contributed by atoms with van der Waals surface area (Å²) >= 11 is 0. The number of aromatic amines is 1. The highest BCUT2D eigenvalue weighted by Gasteiger charge is 2.15. The monoisotopic (exact) mass is 429 g/mol. The van der Waals surface area contributed by atoms with Gasteiger partial charge in [0.1, 0.15) is 5.82 Å². The van der Waals surface area contributed by atoms with Gasteiger partial charge in [0.15, 0.2) is 0 Å². The Balaban J connectivity index is 1.55. The van der Waals surface area contributed by atoms with Gasteiger partial charge < -0.3 is 10.3 Å². The molecule has 33 heavy (non-hydrogen) atoms. The molecule has 0 unspecified atom stereocenters. The molecule has 5 aromatic rings. The molecule has 1 aromatic heterocycles. The normalized spacial score (nSPS) is 10.7. The molecule has 2 N–H and O–H groups in total. The van der Waals surface area contributed by atoms with E-state index in [2.05, 4.69) is 71.0 Å². The van der Waals surface area contributed by atoms with Crippen molar-refractivity contribution in [3.8, 4) is 45.0 Å². The highest BCUT2D eigenvalue weighted by molar-refractivity contribution is 5.89. The van der Waals surface area contributed by atoms with Crippen LogP contribution in [0, 0.1) is 0 Å². The second kappa shape index (κ2) is 8.97. The maximum atomic E-state index is 11.3. The highest BCUT2D eigenvalue weighted by Crippen LogP contribution is 2.34. The molecule has 4 aromatic carbocycles. The standard InChI is InChI=1S/C29H23N3O/c1-20(33)30-26-18-16-25(17-19-26)29-31-27(23-10-6-3-7-11-23)28(32-29)24-14-12-22(13-15-24)21-8-4-2-5-9-21/h2-19H,1H3,(H,30,33)(H,31,32). The predicted octanol–water partition coefficient (Wildman–Crippen LogP) is 7.04. The molecule has 0 aliphatic heterocycles.